The lowest BCUT2D eigenvalue weighted by atomic mass is 10.1. The molecule has 0 aromatic carbocycles. The Kier molecular flexibility index (Phi) is 8.11. The zero-order chi connectivity index (χ0) is 14.1. The molecule has 0 aromatic rings. The second-order valence-electron chi connectivity index (χ2n) is 4.22. The van der Waals surface area contributed by atoms with Crippen LogP contribution in [0.15, 0.2) is 0 Å². The first-order valence-corrected chi connectivity index (χ1v) is 6.21. The van der Waals surface area contributed by atoms with Gasteiger partial charge in [0.15, 0.2) is 0 Å². The van der Waals surface area contributed by atoms with Crippen molar-refractivity contribution in [1.29, 1.82) is 0 Å². The smallest absolute Gasteiger partial charge is 0.317 e. The number of ether oxygens (including phenoxy) is 1. The minimum Gasteiger partial charge on any atom is -0.481 e. The fourth-order valence-electron chi connectivity index (χ4n) is 1.76. The molecule has 0 rings (SSSR count). The normalized spacial score (nSPS) is 12.3. The largest absolute Gasteiger partial charge is 0.481 e. The molecule has 18 heavy (non-hydrogen) atoms. The van der Waals surface area contributed by atoms with Crippen molar-refractivity contribution in [3.05, 3.63) is 0 Å². The molecule has 0 aromatic heterocycles. The van der Waals surface area contributed by atoms with Crippen LogP contribution in [0.3, 0.4) is 0 Å². The molecule has 2 N–H and O–H groups in total. The molecule has 6 nitrogen and oxygen atoms in total. The van der Waals surface area contributed by atoms with E-state index < -0.39 is 12.1 Å². The highest BCUT2D eigenvalue weighted by Gasteiger charge is 2.18. The quantitative estimate of drug-likeness (QED) is 0.689. The van der Waals surface area contributed by atoms with Gasteiger partial charge in [-0.3, -0.25) is 4.79 Å². The minimum absolute atomic E-state index is 0.120. The maximum atomic E-state index is 11.8. The third-order valence-electron chi connectivity index (χ3n) is 3.03. The number of methoxy groups -OCH3 is 1. The monoisotopic (exact) mass is 260 g/mol. The molecule has 1 unspecified atom stereocenters. The van der Waals surface area contributed by atoms with E-state index in [0.717, 1.165) is 12.8 Å². The van der Waals surface area contributed by atoms with Crippen LogP contribution >= 0.6 is 0 Å². The van der Waals surface area contributed by atoms with E-state index in [1.807, 2.05) is 13.8 Å². The molecule has 0 aliphatic carbocycles. The summed E-state index contributed by atoms with van der Waals surface area (Å²) in [5.74, 6) is -0.940. The van der Waals surface area contributed by atoms with Gasteiger partial charge in [-0.05, 0) is 12.8 Å². The van der Waals surface area contributed by atoms with Crippen LogP contribution in [0.2, 0.25) is 0 Å². The number of nitrogens with zero attached hydrogens (tertiary/aromatic N) is 1. The van der Waals surface area contributed by atoms with E-state index in [4.69, 9.17) is 9.84 Å². The number of aliphatic carboxylic acids is 1. The number of urea groups is 1. The van der Waals surface area contributed by atoms with Crippen molar-refractivity contribution in [1.82, 2.24) is 10.2 Å². The Labute approximate surface area is 108 Å². The van der Waals surface area contributed by atoms with E-state index in [9.17, 15) is 9.59 Å². The summed E-state index contributed by atoms with van der Waals surface area (Å²) >= 11 is 0. The molecule has 0 aliphatic heterocycles. The number of carbonyl (C=O) groups is 2. The maximum absolute atomic E-state index is 11.8. The van der Waals surface area contributed by atoms with Gasteiger partial charge in [-0.15, -0.1) is 0 Å². The standard InChI is InChI=1S/C12H24N2O4/c1-5-9(6-2)14(3)12(17)13-8-10(18-4)7-11(15)16/h9-10H,5-8H2,1-4H3,(H,13,17)(H,15,16). The molecule has 0 spiro atoms. The molecular formula is C12H24N2O4. The second kappa shape index (κ2) is 8.74. The Bertz CT molecular complexity index is 267. The molecule has 0 saturated carbocycles. The van der Waals surface area contributed by atoms with E-state index >= 15 is 0 Å². The van der Waals surface area contributed by atoms with Gasteiger partial charge >= 0.3 is 12.0 Å². The fourth-order valence-corrected chi connectivity index (χ4v) is 1.76. The first-order valence-electron chi connectivity index (χ1n) is 6.21. The Morgan fingerprint density at radius 2 is 1.89 bits per heavy atom. The summed E-state index contributed by atoms with van der Waals surface area (Å²) in [5.41, 5.74) is 0. The highest BCUT2D eigenvalue weighted by Crippen LogP contribution is 2.06. The number of rotatable bonds is 8. The molecule has 1 atom stereocenters. The van der Waals surface area contributed by atoms with Gasteiger partial charge in [-0.1, -0.05) is 13.8 Å². The van der Waals surface area contributed by atoms with Crippen LogP contribution in [0.25, 0.3) is 0 Å². The van der Waals surface area contributed by atoms with Crippen LogP contribution in [0, 0.1) is 0 Å². The highest BCUT2D eigenvalue weighted by atomic mass is 16.5. The van der Waals surface area contributed by atoms with Crippen LogP contribution < -0.4 is 5.32 Å². The van der Waals surface area contributed by atoms with Crippen molar-refractivity contribution in [2.24, 2.45) is 0 Å². The lowest BCUT2D eigenvalue weighted by Gasteiger charge is -2.27. The predicted octanol–water partition coefficient (Wildman–Crippen LogP) is 1.31. The van der Waals surface area contributed by atoms with Crippen LogP contribution in [0.1, 0.15) is 33.1 Å². The zero-order valence-corrected chi connectivity index (χ0v) is 11.6. The van der Waals surface area contributed by atoms with Gasteiger partial charge < -0.3 is 20.1 Å². The molecule has 0 aliphatic rings. The number of carboxylic acid groups (broad SMARTS) is 1. The predicted molar refractivity (Wildman–Crippen MR) is 68.6 cm³/mol. The van der Waals surface area contributed by atoms with E-state index in [1.54, 1.807) is 11.9 Å². The maximum Gasteiger partial charge on any atom is 0.317 e. The van der Waals surface area contributed by atoms with Crippen LogP contribution in [0.5, 0.6) is 0 Å². The average molecular weight is 260 g/mol. The number of amides is 2. The summed E-state index contributed by atoms with van der Waals surface area (Å²) in [7, 11) is 3.18. The van der Waals surface area contributed by atoms with Gasteiger partial charge in [0.25, 0.3) is 0 Å². The van der Waals surface area contributed by atoms with Crippen molar-refractivity contribution < 1.29 is 19.4 Å². The molecule has 106 valence electrons. The lowest BCUT2D eigenvalue weighted by molar-refractivity contribution is -0.139. The molecule has 0 bridgehead atoms. The number of carboxylic acids is 1. The second-order valence-corrected chi connectivity index (χ2v) is 4.22. The van der Waals surface area contributed by atoms with E-state index in [0.29, 0.717) is 0 Å². The molecule has 0 radical (unpaired) electrons. The third-order valence-corrected chi connectivity index (χ3v) is 3.03. The Morgan fingerprint density at radius 3 is 2.28 bits per heavy atom. The van der Waals surface area contributed by atoms with Crippen LogP contribution in [-0.4, -0.2) is 54.9 Å². The van der Waals surface area contributed by atoms with Gasteiger partial charge in [0.05, 0.1) is 12.5 Å². The highest BCUT2D eigenvalue weighted by molar-refractivity contribution is 5.74. The van der Waals surface area contributed by atoms with Crippen molar-refractivity contribution in [3.8, 4) is 0 Å². The summed E-state index contributed by atoms with van der Waals surface area (Å²) in [6.45, 7) is 4.26. The van der Waals surface area contributed by atoms with E-state index in [-0.39, 0.29) is 25.0 Å². The first kappa shape index (κ1) is 16.7. The van der Waals surface area contributed by atoms with Crippen molar-refractivity contribution in [2.45, 2.75) is 45.3 Å². The van der Waals surface area contributed by atoms with Crippen molar-refractivity contribution in [3.63, 3.8) is 0 Å². The minimum atomic E-state index is -0.940. The molecule has 6 heteroatoms. The van der Waals surface area contributed by atoms with E-state index in [2.05, 4.69) is 5.32 Å². The Balaban J connectivity index is 4.18. The first-order chi connectivity index (χ1) is 8.46. The van der Waals surface area contributed by atoms with Crippen molar-refractivity contribution in [2.75, 3.05) is 20.7 Å². The van der Waals surface area contributed by atoms with Gasteiger partial charge in [0.2, 0.25) is 0 Å². The third kappa shape index (κ3) is 5.86. The summed E-state index contributed by atoms with van der Waals surface area (Å²) in [6, 6.07) is 0.00149. The summed E-state index contributed by atoms with van der Waals surface area (Å²) in [6.07, 6.45) is 1.17. The number of hydrogen-bond acceptors (Lipinski definition) is 3. The summed E-state index contributed by atoms with van der Waals surface area (Å²) in [4.78, 5) is 24.0. The molecule has 2 amide bonds. The molecule has 0 heterocycles. The number of hydrogen-bond donors (Lipinski definition) is 2. The van der Waals surface area contributed by atoms with Gasteiger partial charge in [-0.25, -0.2) is 4.79 Å². The molecule has 0 saturated heterocycles. The average Bonchev–Trinajstić information content (AvgIpc) is 2.34. The van der Waals surface area contributed by atoms with Gasteiger partial charge in [-0.2, -0.15) is 0 Å². The fraction of sp³-hybridized carbons (Fsp3) is 0.833. The van der Waals surface area contributed by atoms with Crippen LogP contribution in [0.4, 0.5) is 4.79 Å². The number of carbonyl (C=O) groups excluding carboxylic acids is 1. The lowest BCUT2D eigenvalue weighted by Crippen LogP contribution is -2.45. The number of nitrogens with one attached hydrogen (secondary N) is 1. The SMILES string of the molecule is CCC(CC)N(C)C(=O)NCC(CC(=O)O)OC. The van der Waals surface area contributed by atoms with Crippen molar-refractivity contribution >= 4 is 12.0 Å². The van der Waals surface area contributed by atoms with Gasteiger partial charge in [0, 0.05) is 26.7 Å². The Hall–Kier alpha value is -1.30. The van der Waals surface area contributed by atoms with Gasteiger partial charge in [0.1, 0.15) is 0 Å². The zero-order valence-electron chi connectivity index (χ0n) is 11.6. The Morgan fingerprint density at radius 1 is 1.33 bits per heavy atom. The van der Waals surface area contributed by atoms with E-state index in [1.165, 1.54) is 7.11 Å². The topological polar surface area (TPSA) is 78.9 Å². The molecule has 0 fully saturated rings. The summed E-state index contributed by atoms with van der Waals surface area (Å²) < 4.78 is 4.99. The molecular weight excluding hydrogens is 236 g/mol. The van der Waals surface area contributed by atoms with Crippen LogP contribution in [-0.2, 0) is 9.53 Å². The summed E-state index contributed by atoms with van der Waals surface area (Å²) in [5, 5.41) is 11.3.